The van der Waals surface area contributed by atoms with Gasteiger partial charge < -0.3 is 19.9 Å². The zero-order valence-corrected chi connectivity index (χ0v) is 8.84. The van der Waals surface area contributed by atoms with Crippen LogP contribution in [0.25, 0.3) is 11.0 Å². The maximum Gasteiger partial charge on any atom is 0.394 e. The molecule has 1 aromatic carbocycles. The number of fused-ring (bicyclic) bond motifs is 1. The molecule has 0 radical (unpaired) electrons. The fraction of sp³-hybridized carbons (Fsp3) is 0. The molecule has 0 spiro atoms. The Bertz CT molecular complexity index is 702. The van der Waals surface area contributed by atoms with E-state index < -0.39 is 17.5 Å². The van der Waals surface area contributed by atoms with Crippen LogP contribution in [0, 0.1) is 0 Å². The van der Waals surface area contributed by atoms with Crippen molar-refractivity contribution < 1.29 is 24.2 Å². The van der Waals surface area contributed by atoms with Gasteiger partial charge in [-0.05, 0) is 18.2 Å². The van der Waals surface area contributed by atoms with Gasteiger partial charge >= 0.3 is 17.5 Å². The van der Waals surface area contributed by atoms with Crippen LogP contribution in [0.1, 0.15) is 0 Å². The molecular formula is C11H7NO6. The number of rotatable bonds is 1. The third-order valence-electron chi connectivity index (χ3n) is 2.17. The number of carbonyl (C=O) groups excluding carboxylic acids is 1. The molecule has 1 amide bonds. The number of hydrogen-bond acceptors (Lipinski definition) is 5. The van der Waals surface area contributed by atoms with E-state index in [1.165, 1.54) is 18.2 Å². The van der Waals surface area contributed by atoms with Crippen molar-refractivity contribution in [3.8, 4) is 5.75 Å². The SMILES string of the molecule is O=C(O)C(=O)Nc1ccc2oc(=O)cc(O)c2c1. The molecule has 3 N–H and O–H groups in total. The number of aliphatic carboxylic acids is 1. The minimum absolute atomic E-state index is 0.133. The maximum atomic E-state index is 11.0. The first-order chi connectivity index (χ1) is 8.47. The highest BCUT2D eigenvalue weighted by Gasteiger charge is 2.12. The molecule has 0 atom stereocenters. The lowest BCUT2D eigenvalue weighted by Crippen LogP contribution is -2.21. The molecule has 0 unspecified atom stereocenters. The maximum absolute atomic E-state index is 11.0. The smallest absolute Gasteiger partial charge is 0.394 e. The third-order valence-corrected chi connectivity index (χ3v) is 2.17. The van der Waals surface area contributed by atoms with E-state index in [1.54, 1.807) is 0 Å². The van der Waals surface area contributed by atoms with E-state index >= 15 is 0 Å². The first-order valence-corrected chi connectivity index (χ1v) is 4.78. The summed E-state index contributed by atoms with van der Waals surface area (Å²) in [4.78, 5) is 32.3. The average Bonchev–Trinajstić information content (AvgIpc) is 2.29. The fourth-order valence-corrected chi connectivity index (χ4v) is 1.41. The molecule has 92 valence electrons. The first kappa shape index (κ1) is 11.6. The predicted octanol–water partition coefficient (Wildman–Crippen LogP) is 0.522. The Labute approximate surface area is 99.3 Å². The van der Waals surface area contributed by atoms with Gasteiger partial charge in [0.15, 0.2) is 0 Å². The molecule has 0 saturated carbocycles. The Morgan fingerprint density at radius 3 is 2.61 bits per heavy atom. The van der Waals surface area contributed by atoms with Crippen molar-refractivity contribution in [3.05, 3.63) is 34.7 Å². The van der Waals surface area contributed by atoms with Gasteiger partial charge in [-0.25, -0.2) is 9.59 Å². The molecule has 7 heteroatoms. The lowest BCUT2D eigenvalue weighted by Gasteiger charge is -2.04. The van der Waals surface area contributed by atoms with Gasteiger partial charge in [0, 0.05) is 5.69 Å². The van der Waals surface area contributed by atoms with Crippen LogP contribution < -0.4 is 10.9 Å². The molecule has 0 bridgehead atoms. The van der Waals surface area contributed by atoms with E-state index in [1.807, 2.05) is 0 Å². The summed E-state index contributed by atoms with van der Waals surface area (Å²) < 4.78 is 4.81. The monoisotopic (exact) mass is 249 g/mol. The van der Waals surface area contributed by atoms with Crippen LogP contribution in [0.3, 0.4) is 0 Å². The highest BCUT2D eigenvalue weighted by Crippen LogP contribution is 2.25. The van der Waals surface area contributed by atoms with Crippen LogP contribution in [-0.4, -0.2) is 22.1 Å². The minimum atomic E-state index is -1.63. The number of amides is 1. The van der Waals surface area contributed by atoms with Crippen LogP contribution in [-0.2, 0) is 9.59 Å². The van der Waals surface area contributed by atoms with Gasteiger partial charge in [0.05, 0.1) is 11.5 Å². The summed E-state index contributed by atoms with van der Waals surface area (Å²) in [6.45, 7) is 0. The van der Waals surface area contributed by atoms with E-state index in [0.717, 1.165) is 6.07 Å². The van der Waals surface area contributed by atoms with Crippen LogP contribution in [0.4, 0.5) is 5.69 Å². The Kier molecular flexibility index (Phi) is 2.72. The number of benzene rings is 1. The normalized spacial score (nSPS) is 10.2. The summed E-state index contributed by atoms with van der Waals surface area (Å²) in [5.74, 6) is -3.14. The predicted molar refractivity (Wildman–Crippen MR) is 60.4 cm³/mol. The molecule has 7 nitrogen and oxygen atoms in total. The van der Waals surface area contributed by atoms with E-state index in [4.69, 9.17) is 9.52 Å². The zero-order chi connectivity index (χ0) is 13.3. The molecule has 0 aliphatic heterocycles. The van der Waals surface area contributed by atoms with Gasteiger partial charge in [-0.1, -0.05) is 0 Å². The van der Waals surface area contributed by atoms with Crippen LogP contribution in [0.5, 0.6) is 5.75 Å². The van der Waals surface area contributed by atoms with Crippen LogP contribution in [0.15, 0.2) is 33.5 Å². The second kappa shape index (κ2) is 4.21. The number of aromatic hydroxyl groups is 1. The number of carboxylic acid groups (broad SMARTS) is 1. The number of nitrogens with one attached hydrogen (secondary N) is 1. The summed E-state index contributed by atoms with van der Waals surface area (Å²) in [6, 6.07) is 4.87. The average molecular weight is 249 g/mol. The fourth-order valence-electron chi connectivity index (χ4n) is 1.41. The number of carbonyl (C=O) groups is 2. The lowest BCUT2D eigenvalue weighted by atomic mass is 10.2. The highest BCUT2D eigenvalue weighted by atomic mass is 16.4. The van der Waals surface area contributed by atoms with Crippen molar-refractivity contribution in [2.75, 3.05) is 5.32 Å². The van der Waals surface area contributed by atoms with Crippen molar-refractivity contribution in [3.63, 3.8) is 0 Å². The molecular weight excluding hydrogens is 242 g/mol. The first-order valence-electron chi connectivity index (χ1n) is 4.78. The minimum Gasteiger partial charge on any atom is -0.507 e. The summed E-state index contributed by atoms with van der Waals surface area (Å²) in [5.41, 5.74) is -0.408. The molecule has 2 rings (SSSR count). The Morgan fingerprint density at radius 1 is 1.22 bits per heavy atom. The lowest BCUT2D eigenvalue weighted by molar-refractivity contribution is -0.147. The molecule has 0 fully saturated rings. The van der Waals surface area contributed by atoms with E-state index in [2.05, 4.69) is 5.32 Å². The van der Waals surface area contributed by atoms with Gasteiger partial charge in [-0.3, -0.25) is 4.79 Å². The van der Waals surface area contributed by atoms with Crippen molar-refractivity contribution in [2.45, 2.75) is 0 Å². The number of carboxylic acids is 1. The van der Waals surface area contributed by atoms with Crippen molar-refractivity contribution in [1.82, 2.24) is 0 Å². The Morgan fingerprint density at radius 2 is 1.94 bits per heavy atom. The Hall–Kier alpha value is -2.83. The molecule has 1 heterocycles. The van der Waals surface area contributed by atoms with Gasteiger partial charge in [-0.15, -0.1) is 0 Å². The largest absolute Gasteiger partial charge is 0.507 e. The van der Waals surface area contributed by atoms with Crippen LogP contribution >= 0.6 is 0 Å². The zero-order valence-electron chi connectivity index (χ0n) is 8.84. The number of hydrogen-bond donors (Lipinski definition) is 3. The molecule has 1 aromatic heterocycles. The van der Waals surface area contributed by atoms with Crippen molar-refractivity contribution in [1.29, 1.82) is 0 Å². The molecule has 0 aliphatic carbocycles. The van der Waals surface area contributed by atoms with Gasteiger partial charge in [0.25, 0.3) is 0 Å². The standard InChI is InChI=1S/C11H7NO6/c13-7-4-9(14)18-8-2-1-5(3-6(7)8)12-10(15)11(16)17/h1-4,13H,(H,12,15)(H,16,17). The topological polar surface area (TPSA) is 117 Å². The van der Waals surface area contributed by atoms with Crippen LogP contribution in [0.2, 0.25) is 0 Å². The van der Waals surface area contributed by atoms with E-state index in [9.17, 15) is 19.5 Å². The highest BCUT2D eigenvalue weighted by molar-refractivity contribution is 6.36. The number of anilines is 1. The quantitative estimate of drug-likeness (QED) is 0.501. The second-order valence-corrected chi connectivity index (χ2v) is 3.42. The van der Waals surface area contributed by atoms with Gasteiger partial charge in [0.2, 0.25) is 0 Å². The summed E-state index contributed by atoms with van der Waals surface area (Å²) in [5, 5.41) is 20.3. The second-order valence-electron chi connectivity index (χ2n) is 3.42. The Balaban J connectivity index is 2.47. The molecule has 18 heavy (non-hydrogen) atoms. The molecule has 2 aromatic rings. The third kappa shape index (κ3) is 2.14. The summed E-state index contributed by atoms with van der Waals surface area (Å²) in [6.07, 6.45) is 0. The van der Waals surface area contributed by atoms with E-state index in [-0.39, 0.29) is 22.4 Å². The summed E-state index contributed by atoms with van der Waals surface area (Å²) >= 11 is 0. The van der Waals surface area contributed by atoms with Crippen molar-refractivity contribution >= 4 is 28.5 Å². The van der Waals surface area contributed by atoms with E-state index in [0.29, 0.717) is 0 Å². The van der Waals surface area contributed by atoms with Crippen molar-refractivity contribution in [2.24, 2.45) is 0 Å². The summed E-state index contributed by atoms with van der Waals surface area (Å²) in [7, 11) is 0. The van der Waals surface area contributed by atoms with Gasteiger partial charge in [-0.2, -0.15) is 0 Å². The molecule has 0 aliphatic rings. The molecule has 0 saturated heterocycles. The van der Waals surface area contributed by atoms with Gasteiger partial charge in [0.1, 0.15) is 11.3 Å².